The minimum Gasteiger partial charge on any atom is -0.490 e. The van der Waals surface area contributed by atoms with Crippen molar-refractivity contribution >= 4 is 41.0 Å². The number of esters is 1. The Balaban J connectivity index is 1.62. The Labute approximate surface area is 176 Å². The lowest BCUT2D eigenvalue weighted by molar-refractivity contribution is -0.114. The van der Waals surface area contributed by atoms with Crippen LogP contribution in [-0.4, -0.2) is 35.2 Å². The number of ether oxygens (including phenoxy) is 2. The summed E-state index contributed by atoms with van der Waals surface area (Å²) in [6, 6.07) is 8.35. The minimum atomic E-state index is -0.535. The number of amidine groups is 2. The lowest BCUT2D eigenvalue weighted by atomic mass is 10.1. The Morgan fingerprint density at radius 2 is 2.17 bits per heavy atom. The van der Waals surface area contributed by atoms with Crippen LogP contribution in [-0.2, 0) is 9.63 Å². The molecule has 1 aromatic carbocycles. The lowest BCUT2D eigenvalue weighted by Crippen LogP contribution is -2.38. The number of hydroxylamine groups is 2. The first-order valence-electron chi connectivity index (χ1n) is 9.09. The molecule has 0 aliphatic carbocycles. The summed E-state index contributed by atoms with van der Waals surface area (Å²) in [5, 5.41) is 11.3. The van der Waals surface area contributed by atoms with Gasteiger partial charge in [-0.1, -0.05) is 12.1 Å². The molecule has 3 heterocycles. The van der Waals surface area contributed by atoms with Crippen LogP contribution in [0.3, 0.4) is 0 Å². The van der Waals surface area contributed by atoms with Crippen LogP contribution in [0, 0.1) is 5.41 Å². The van der Waals surface area contributed by atoms with Gasteiger partial charge in [-0.05, 0) is 49.1 Å². The molecular weight excluding hydrogens is 406 g/mol. The van der Waals surface area contributed by atoms with E-state index in [1.54, 1.807) is 48.7 Å². The largest absolute Gasteiger partial charge is 0.490 e. The van der Waals surface area contributed by atoms with E-state index in [0.717, 1.165) is 0 Å². The number of carbonyl (C=O) groups is 2. The van der Waals surface area contributed by atoms with Crippen molar-refractivity contribution in [3.8, 4) is 11.5 Å². The van der Waals surface area contributed by atoms with Gasteiger partial charge >= 0.3 is 5.97 Å². The van der Waals surface area contributed by atoms with E-state index < -0.39 is 11.9 Å². The zero-order valence-corrected chi connectivity index (χ0v) is 17.0. The van der Waals surface area contributed by atoms with Crippen molar-refractivity contribution in [3.63, 3.8) is 0 Å². The fourth-order valence-corrected chi connectivity index (χ4v) is 3.48. The molecule has 4 rings (SSSR count). The lowest BCUT2D eigenvalue weighted by Gasteiger charge is -2.23. The van der Waals surface area contributed by atoms with Crippen LogP contribution in [0.4, 0.5) is 0 Å². The van der Waals surface area contributed by atoms with Gasteiger partial charge in [-0.2, -0.15) is 4.99 Å². The van der Waals surface area contributed by atoms with E-state index in [1.807, 2.05) is 6.92 Å². The molecule has 30 heavy (non-hydrogen) atoms. The molecule has 1 amide bonds. The molecule has 0 saturated carbocycles. The summed E-state index contributed by atoms with van der Waals surface area (Å²) < 4.78 is 11.1. The van der Waals surface area contributed by atoms with Crippen molar-refractivity contribution in [1.82, 2.24) is 5.06 Å². The monoisotopic (exact) mass is 423 g/mol. The van der Waals surface area contributed by atoms with Crippen LogP contribution < -0.4 is 9.47 Å². The fraction of sp³-hybridized carbons (Fsp3) is 0.143. The molecule has 0 unspecified atom stereocenters. The molecule has 9 heteroatoms. The number of nitrogens with zero attached hydrogens (tertiary/aromatic N) is 2. The van der Waals surface area contributed by atoms with Gasteiger partial charge in [-0.3, -0.25) is 10.2 Å². The van der Waals surface area contributed by atoms with Crippen LogP contribution in [0.25, 0.3) is 6.08 Å². The Morgan fingerprint density at radius 3 is 2.90 bits per heavy atom. The number of allylic oxidation sites excluding steroid dienone is 1. The zero-order chi connectivity index (χ0) is 21.3. The smallest absolute Gasteiger partial charge is 0.353 e. The highest BCUT2D eigenvalue weighted by Gasteiger charge is 2.34. The molecule has 8 nitrogen and oxygen atoms in total. The van der Waals surface area contributed by atoms with Crippen molar-refractivity contribution in [2.75, 3.05) is 6.61 Å². The molecule has 152 valence electrons. The Kier molecular flexibility index (Phi) is 5.20. The SMILES string of the molecule is CCOc1cc(/C=C2/C(=N)N3OC(C)=CC3=NC2=O)ccc1OC(=O)c1cccs1. The van der Waals surface area contributed by atoms with Crippen molar-refractivity contribution in [2.45, 2.75) is 13.8 Å². The Bertz CT molecular complexity index is 1130. The quantitative estimate of drug-likeness (QED) is 0.446. The van der Waals surface area contributed by atoms with Crippen LogP contribution >= 0.6 is 11.3 Å². The maximum atomic E-state index is 12.4. The second-order valence-electron chi connectivity index (χ2n) is 6.33. The van der Waals surface area contributed by atoms with E-state index in [2.05, 4.69) is 4.99 Å². The summed E-state index contributed by atoms with van der Waals surface area (Å²) >= 11 is 1.28. The number of rotatable bonds is 5. The average molecular weight is 423 g/mol. The number of hydrogen-bond acceptors (Lipinski definition) is 7. The van der Waals surface area contributed by atoms with E-state index in [9.17, 15) is 9.59 Å². The standard InChI is InChI=1S/C21H17N3O5S/c1-3-27-16-11-13(6-7-15(16)28-21(26)17-5-4-8-30-17)10-14-19(22)24-18(23-20(14)25)9-12(2)29-24/h4-11,22H,3H2,1-2H3/b14-10-,22-19?. The Hall–Kier alpha value is -3.72. The summed E-state index contributed by atoms with van der Waals surface area (Å²) in [5.74, 6) is 0.332. The van der Waals surface area contributed by atoms with Gasteiger partial charge in [0.05, 0.1) is 12.2 Å². The fourth-order valence-electron chi connectivity index (χ4n) is 2.88. The summed E-state index contributed by atoms with van der Waals surface area (Å²) in [6.45, 7) is 3.89. The number of benzene rings is 1. The van der Waals surface area contributed by atoms with Gasteiger partial charge in [0, 0.05) is 6.08 Å². The van der Waals surface area contributed by atoms with Crippen LogP contribution in [0.5, 0.6) is 11.5 Å². The summed E-state index contributed by atoms with van der Waals surface area (Å²) in [7, 11) is 0. The van der Waals surface area contributed by atoms with Gasteiger partial charge in [0.15, 0.2) is 23.2 Å². The van der Waals surface area contributed by atoms with Crippen molar-refractivity contribution in [1.29, 1.82) is 5.41 Å². The number of nitrogens with one attached hydrogen (secondary N) is 1. The van der Waals surface area contributed by atoms with Gasteiger partial charge in [0.1, 0.15) is 10.6 Å². The first-order chi connectivity index (χ1) is 14.5. The molecule has 0 spiro atoms. The summed E-state index contributed by atoms with van der Waals surface area (Å²) in [6.07, 6.45) is 3.11. The third-order valence-electron chi connectivity index (χ3n) is 4.18. The molecule has 0 saturated heterocycles. The molecule has 0 bridgehead atoms. The third-order valence-corrected chi connectivity index (χ3v) is 5.03. The first kappa shape index (κ1) is 19.6. The molecule has 1 N–H and O–H groups in total. The second-order valence-corrected chi connectivity index (χ2v) is 7.28. The summed E-state index contributed by atoms with van der Waals surface area (Å²) in [5.41, 5.74) is 0.664. The maximum absolute atomic E-state index is 12.4. The van der Waals surface area contributed by atoms with E-state index >= 15 is 0 Å². The van der Waals surface area contributed by atoms with Crippen LogP contribution in [0.15, 0.2) is 58.1 Å². The van der Waals surface area contributed by atoms with E-state index in [1.165, 1.54) is 22.5 Å². The minimum absolute atomic E-state index is 0.0765. The number of thiophene rings is 1. The number of amides is 1. The zero-order valence-electron chi connectivity index (χ0n) is 16.2. The Morgan fingerprint density at radius 1 is 1.33 bits per heavy atom. The van der Waals surface area contributed by atoms with Crippen molar-refractivity contribution < 1.29 is 23.9 Å². The number of fused-ring (bicyclic) bond motifs is 1. The number of hydrogen-bond donors (Lipinski definition) is 1. The predicted molar refractivity (Wildman–Crippen MR) is 112 cm³/mol. The van der Waals surface area contributed by atoms with Crippen LogP contribution in [0.2, 0.25) is 0 Å². The molecule has 2 aliphatic rings. The van der Waals surface area contributed by atoms with Gasteiger partial charge in [0.2, 0.25) is 0 Å². The first-order valence-corrected chi connectivity index (χ1v) is 9.97. The predicted octanol–water partition coefficient (Wildman–Crippen LogP) is 3.82. The second kappa shape index (κ2) is 7.96. The summed E-state index contributed by atoms with van der Waals surface area (Å²) in [4.78, 5) is 34.5. The van der Waals surface area contributed by atoms with E-state index in [0.29, 0.717) is 28.6 Å². The van der Waals surface area contributed by atoms with Crippen LogP contribution in [0.1, 0.15) is 29.1 Å². The van der Waals surface area contributed by atoms with Gasteiger partial charge < -0.3 is 14.3 Å². The normalized spacial score (nSPS) is 16.7. The molecule has 0 fully saturated rings. The van der Waals surface area contributed by atoms with E-state index in [4.69, 9.17) is 19.7 Å². The van der Waals surface area contributed by atoms with Gasteiger partial charge in [-0.25, -0.2) is 4.79 Å². The van der Waals surface area contributed by atoms with Gasteiger partial charge in [-0.15, -0.1) is 16.4 Å². The van der Waals surface area contributed by atoms with E-state index in [-0.39, 0.29) is 23.0 Å². The van der Waals surface area contributed by atoms with Crippen molar-refractivity contribution in [2.24, 2.45) is 4.99 Å². The highest BCUT2D eigenvalue weighted by Crippen LogP contribution is 2.31. The molecule has 2 aromatic rings. The topological polar surface area (TPSA) is 101 Å². The number of carbonyl (C=O) groups excluding carboxylic acids is 2. The molecular formula is C21H17N3O5S. The molecule has 1 aromatic heterocycles. The number of aliphatic imine (C=N–C) groups is 1. The van der Waals surface area contributed by atoms with Gasteiger partial charge in [0.25, 0.3) is 5.91 Å². The highest BCUT2D eigenvalue weighted by molar-refractivity contribution is 7.12. The highest BCUT2D eigenvalue weighted by atomic mass is 32.1. The molecule has 0 atom stereocenters. The van der Waals surface area contributed by atoms with Crippen molar-refractivity contribution in [3.05, 3.63) is 63.6 Å². The maximum Gasteiger partial charge on any atom is 0.353 e. The molecule has 2 aliphatic heterocycles. The third kappa shape index (κ3) is 3.74. The average Bonchev–Trinajstić information content (AvgIpc) is 3.37. The molecule has 0 radical (unpaired) electrons.